The van der Waals surface area contributed by atoms with E-state index in [0.29, 0.717) is 22.9 Å². The molecule has 1 N–H and O–H groups in total. The van der Waals surface area contributed by atoms with Crippen LogP contribution in [0.15, 0.2) is 0 Å². The molecular weight excluding hydrogens is 359 g/mol. The van der Waals surface area contributed by atoms with Crippen molar-refractivity contribution < 1.29 is 18.0 Å². The van der Waals surface area contributed by atoms with Gasteiger partial charge in [0.25, 0.3) is 11.6 Å². The van der Waals surface area contributed by atoms with Crippen molar-refractivity contribution in [3.8, 4) is 0 Å². The molecule has 0 saturated carbocycles. The van der Waals surface area contributed by atoms with Gasteiger partial charge in [-0.1, -0.05) is 26.7 Å². The Balaban J connectivity index is 2.12. The Bertz CT molecular complexity index is 813. The number of nitrogens with zero attached hydrogens (tertiary/aromatic N) is 4. The summed E-state index contributed by atoms with van der Waals surface area (Å²) in [6.07, 6.45) is -1.58. The minimum atomic E-state index is -4.64. The van der Waals surface area contributed by atoms with Gasteiger partial charge in [-0.05, 0) is 33.1 Å². The van der Waals surface area contributed by atoms with Crippen LogP contribution in [0, 0.1) is 19.8 Å². The first-order valence-corrected chi connectivity index (χ1v) is 9.08. The van der Waals surface area contributed by atoms with Gasteiger partial charge in [-0.15, -0.1) is 5.10 Å². The normalized spacial score (nSPS) is 13.4. The summed E-state index contributed by atoms with van der Waals surface area (Å²) in [5.41, 5.74) is 1.47. The zero-order valence-electron chi connectivity index (χ0n) is 16.3. The Morgan fingerprint density at radius 2 is 1.81 bits per heavy atom. The van der Waals surface area contributed by atoms with Gasteiger partial charge in [0.1, 0.15) is 0 Å². The molecule has 0 saturated heterocycles. The number of hydrogen-bond acceptors (Lipinski definition) is 4. The molecule has 0 aliphatic carbocycles. The lowest BCUT2D eigenvalue weighted by atomic mass is 10.0. The van der Waals surface area contributed by atoms with Gasteiger partial charge >= 0.3 is 6.18 Å². The van der Waals surface area contributed by atoms with Crippen LogP contribution in [0.5, 0.6) is 0 Å². The fourth-order valence-electron chi connectivity index (χ4n) is 2.98. The van der Waals surface area contributed by atoms with Gasteiger partial charge in [0, 0.05) is 23.0 Å². The number of nitrogens with one attached hydrogen (secondary N) is 1. The van der Waals surface area contributed by atoms with E-state index in [0.717, 1.165) is 23.8 Å². The molecule has 1 amide bonds. The average molecular weight is 385 g/mol. The summed E-state index contributed by atoms with van der Waals surface area (Å²) in [7, 11) is 0. The van der Waals surface area contributed by atoms with Crippen LogP contribution in [0.3, 0.4) is 0 Å². The molecule has 2 aromatic rings. The van der Waals surface area contributed by atoms with Crippen LogP contribution >= 0.6 is 0 Å². The zero-order chi connectivity index (χ0) is 20.4. The molecular formula is C18H26F3N5O. The Kier molecular flexibility index (Phi) is 6.43. The molecule has 0 spiro atoms. The van der Waals surface area contributed by atoms with Crippen LogP contribution in [-0.4, -0.2) is 31.5 Å². The van der Waals surface area contributed by atoms with E-state index < -0.39 is 12.0 Å². The molecule has 0 unspecified atom stereocenters. The quantitative estimate of drug-likeness (QED) is 0.790. The van der Waals surface area contributed by atoms with Gasteiger partial charge in [-0.3, -0.25) is 4.79 Å². The lowest BCUT2D eigenvalue weighted by Crippen LogP contribution is -2.34. The summed E-state index contributed by atoms with van der Waals surface area (Å²) in [4.78, 5) is 19.9. The fraction of sp³-hybridized carbons (Fsp3) is 0.667. The number of alkyl halides is 3. The smallest absolute Gasteiger partial charge is 0.353 e. The Hall–Kier alpha value is -2.19. The third-order valence-corrected chi connectivity index (χ3v) is 4.47. The molecule has 0 fully saturated rings. The van der Waals surface area contributed by atoms with E-state index in [9.17, 15) is 18.0 Å². The fourth-order valence-corrected chi connectivity index (χ4v) is 2.98. The summed E-state index contributed by atoms with van der Waals surface area (Å²) in [5, 5.41) is 6.44. The van der Waals surface area contributed by atoms with Crippen molar-refractivity contribution in [3.63, 3.8) is 0 Å². The molecule has 0 bridgehead atoms. The van der Waals surface area contributed by atoms with Gasteiger partial charge in [0.05, 0.1) is 6.42 Å². The number of hydrogen-bond donors (Lipinski definition) is 1. The summed E-state index contributed by atoms with van der Waals surface area (Å²) in [6.45, 7) is 9.54. The van der Waals surface area contributed by atoms with E-state index in [1.54, 1.807) is 13.8 Å². The van der Waals surface area contributed by atoms with Crippen LogP contribution in [0.1, 0.15) is 62.8 Å². The molecule has 2 rings (SSSR count). The first kappa shape index (κ1) is 21.1. The molecule has 150 valence electrons. The highest BCUT2D eigenvalue weighted by molar-refractivity contribution is 5.79. The number of carbonyl (C=O) groups excluding carboxylic acids is 1. The van der Waals surface area contributed by atoms with Gasteiger partial charge in [0.2, 0.25) is 5.91 Å². The van der Waals surface area contributed by atoms with Gasteiger partial charge in [-0.25, -0.2) is 9.50 Å². The Morgan fingerprint density at radius 1 is 1.15 bits per heavy atom. The molecule has 2 heterocycles. The van der Waals surface area contributed by atoms with E-state index in [4.69, 9.17) is 0 Å². The molecule has 6 nitrogen and oxygen atoms in total. The minimum absolute atomic E-state index is 0.0380. The molecule has 0 aliphatic heterocycles. The van der Waals surface area contributed by atoms with Crippen molar-refractivity contribution in [1.29, 1.82) is 0 Å². The van der Waals surface area contributed by atoms with Crippen molar-refractivity contribution in [2.24, 2.45) is 5.92 Å². The first-order chi connectivity index (χ1) is 12.5. The number of amides is 1. The van der Waals surface area contributed by atoms with Gasteiger partial charge in [0.15, 0.2) is 0 Å². The van der Waals surface area contributed by atoms with Crippen LogP contribution in [0.4, 0.5) is 13.2 Å². The second kappa shape index (κ2) is 8.22. The molecule has 0 aromatic carbocycles. The van der Waals surface area contributed by atoms with E-state index in [2.05, 4.69) is 34.2 Å². The van der Waals surface area contributed by atoms with Crippen molar-refractivity contribution in [3.05, 3.63) is 22.8 Å². The number of fused-ring (bicyclic) bond motifs is 1. The van der Waals surface area contributed by atoms with Crippen LogP contribution in [-0.2, 0) is 17.4 Å². The third-order valence-electron chi connectivity index (χ3n) is 4.47. The van der Waals surface area contributed by atoms with Crippen molar-refractivity contribution >= 4 is 11.7 Å². The van der Waals surface area contributed by atoms with E-state index in [1.165, 1.54) is 0 Å². The predicted octanol–water partition coefficient (Wildman–Crippen LogP) is 3.63. The van der Waals surface area contributed by atoms with Crippen molar-refractivity contribution in [2.45, 2.75) is 72.5 Å². The van der Waals surface area contributed by atoms with Crippen molar-refractivity contribution in [2.75, 3.05) is 0 Å². The number of rotatable bonds is 7. The van der Waals surface area contributed by atoms with E-state index >= 15 is 0 Å². The summed E-state index contributed by atoms with van der Waals surface area (Å²) >= 11 is 0. The maximum absolute atomic E-state index is 12.8. The highest BCUT2D eigenvalue weighted by atomic mass is 19.4. The van der Waals surface area contributed by atoms with Crippen LogP contribution < -0.4 is 5.32 Å². The second-order valence-electron chi connectivity index (χ2n) is 7.38. The maximum atomic E-state index is 12.8. The van der Waals surface area contributed by atoms with E-state index in [1.807, 2.05) is 6.92 Å². The van der Waals surface area contributed by atoms with Crippen LogP contribution in [0.2, 0.25) is 0 Å². The molecule has 9 heteroatoms. The maximum Gasteiger partial charge on any atom is 0.453 e. The molecule has 1 atom stereocenters. The summed E-state index contributed by atoms with van der Waals surface area (Å²) in [5.74, 6) is -0.919. The molecule has 0 radical (unpaired) electrons. The first-order valence-electron chi connectivity index (χ1n) is 9.08. The number of halogens is 3. The zero-order valence-corrected chi connectivity index (χ0v) is 16.3. The average Bonchev–Trinajstić information content (AvgIpc) is 2.95. The topological polar surface area (TPSA) is 72.2 Å². The standard InChI is InChI=1S/C18H26F3N5O/c1-10(2)7-6-8-11(3)22-15(27)9-14-12(4)23-17-24-16(18(19,20)21)25-26(17)13(14)5/h10-11H,6-9H2,1-5H3,(H,22,27)/t11-/m0/s1. The molecule has 0 aliphatic rings. The largest absolute Gasteiger partial charge is 0.453 e. The molecule has 2 aromatic heterocycles. The van der Waals surface area contributed by atoms with Crippen molar-refractivity contribution in [1.82, 2.24) is 24.9 Å². The number of carbonyl (C=O) groups is 1. The number of aryl methyl sites for hydroxylation is 2. The van der Waals surface area contributed by atoms with E-state index in [-0.39, 0.29) is 24.1 Å². The summed E-state index contributed by atoms with van der Waals surface area (Å²) < 4.78 is 39.5. The van der Waals surface area contributed by atoms with Crippen LogP contribution in [0.25, 0.3) is 5.78 Å². The highest BCUT2D eigenvalue weighted by Crippen LogP contribution is 2.27. The SMILES string of the molecule is Cc1nc2nc(C(F)(F)F)nn2c(C)c1CC(=O)N[C@@H](C)CCCC(C)C. The minimum Gasteiger partial charge on any atom is -0.353 e. The third kappa shape index (κ3) is 5.40. The Labute approximate surface area is 156 Å². The lowest BCUT2D eigenvalue weighted by Gasteiger charge is -2.16. The number of aromatic nitrogens is 4. The summed E-state index contributed by atoms with van der Waals surface area (Å²) in [6, 6.07) is 0.0387. The molecule has 27 heavy (non-hydrogen) atoms. The monoisotopic (exact) mass is 385 g/mol. The van der Waals surface area contributed by atoms with Gasteiger partial charge < -0.3 is 5.32 Å². The second-order valence-corrected chi connectivity index (χ2v) is 7.38. The highest BCUT2D eigenvalue weighted by Gasteiger charge is 2.37. The van der Waals surface area contributed by atoms with Gasteiger partial charge in [-0.2, -0.15) is 18.2 Å². The Morgan fingerprint density at radius 3 is 2.41 bits per heavy atom. The lowest BCUT2D eigenvalue weighted by molar-refractivity contribution is -0.144. The predicted molar refractivity (Wildman–Crippen MR) is 95.3 cm³/mol.